The van der Waals surface area contributed by atoms with Crippen LogP contribution in [0.3, 0.4) is 0 Å². The van der Waals surface area contributed by atoms with Crippen LogP contribution in [0.1, 0.15) is 47.5 Å². The van der Waals surface area contributed by atoms with Gasteiger partial charge in [0, 0.05) is 11.3 Å². The predicted octanol–water partition coefficient (Wildman–Crippen LogP) is 1.08. The number of rotatable bonds is 1. The Morgan fingerprint density at radius 3 is 2.35 bits per heavy atom. The number of hydrogen-bond acceptors (Lipinski definition) is 4. The van der Waals surface area contributed by atoms with Crippen molar-refractivity contribution in [2.75, 3.05) is 0 Å². The number of ether oxygens (including phenoxy) is 1. The molecule has 0 saturated heterocycles. The van der Waals surface area contributed by atoms with Gasteiger partial charge >= 0.3 is 0 Å². The van der Waals surface area contributed by atoms with Gasteiger partial charge in [-0.3, -0.25) is 0 Å². The van der Waals surface area contributed by atoms with Crippen LogP contribution in [-0.4, -0.2) is 44.8 Å². The molecule has 0 unspecified atom stereocenters. The summed E-state index contributed by atoms with van der Waals surface area (Å²) in [4.78, 5) is 0. The zero-order valence-corrected chi connectivity index (χ0v) is 13.0. The van der Waals surface area contributed by atoms with Crippen molar-refractivity contribution in [3.05, 3.63) is 0 Å². The molecule has 4 heteroatoms. The maximum absolute atomic E-state index is 10.7. The first kappa shape index (κ1) is 15.8. The van der Waals surface area contributed by atoms with E-state index in [1.165, 1.54) is 0 Å². The number of fused-ring (bicyclic) bond motifs is 3. The summed E-state index contributed by atoms with van der Waals surface area (Å²) in [7, 11) is 0. The summed E-state index contributed by atoms with van der Waals surface area (Å²) in [6.45, 7) is 9.41. The third kappa shape index (κ3) is 2.27. The van der Waals surface area contributed by atoms with Gasteiger partial charge in [0.05, 0.1) is 17.8 Å². The van der Waals surface area contributed by atoms with E-state index in [2.05, 4.69) is 11.8 Å². The van der Waals surface area contributed by atoms with Crippen molar-refractivity contribution in [2.24, 2.45) is 11.3 Å². The van der Waals surface area contributed by atoms with Crippen molar-refractivity contribution >= 4 is 0 Å². The third-order valence-electron chi connectivity index (χ3n) is 4.74. The van der Waals surface area contributed by atoms with Crippen LogP contribution < -0.4 is 0 Å². The minimum absolute atomic E-state index is 0.190. The average Bonchev–Trinajstić information content (AvgIpc) is 2.28. The molecule has 0 aromatic rings. The van der Waals surface area contributed by atoms with Crippen LogP contribution in [0.5, 0.6) is 0 Å². The fourth-order valence-electron chi connectivity index (χ4n) is 3.82. The van der Waals surface area contributed by atoms with Gasteiger partial charge in [-0.05, 0) is 40.5 Å². The average molecular weight is 282 g/mol. The van der Waals surface area contributed by atoms with Crippen molar-refractivity contribution in [2.45, 2.75) is 77.0 Å². The van der Waals surface area contributed by atoms with Crippen LogP contribution in [0, 0.1) is 23.2 Å². The summed E-state index contributed by atoms with van der Waals surface area (Å²) in [6, 6.07) is 0. The molecular weight excluding hydrogens is 256 g/mol. The number of aliphatic hydroxyl groups is 3. The summed E-state index contributed by atoms with van der Waals surface area (Å²) in [6.07, 6.45) is -0.930. The zero-order chi connectivity index (χ0) is 15.3. The molecule has 2 bridgehead atoms. The lowest BCUT2D eigenvalue weighted by molar-refractivity contribution is -0.284. The minimum atomic E-state index is -1.54. The van der Waals surface area contributed by atoms with Crippen LogP contribution in [0.15, 0.2) is 0 Å². The molecule has 0 aromatic heterocycles. The van der Waals surface area contributed by atoms with Crippen molar-refractivity contribution in [3.8, 4) is 11.8 Å². The smallest absolute Gasteiger partial charge is 0.157 e. The lowest BCUT2D eigenvalue weighted by Gasteiger charge is -2.61. The SMILES string of the molecule is CC#C[C@]1(O)[C@@H]2C[C@H](OC(C)(C)C)[C@@](C)(C[C@@H]2O)[C@H]1O. The number of aliphatic hydroxyl groups excluding tert-OH is 2. The van der Waals surface area contributed by atoms with E-state index in [0.29, 0.717) is 12.8 Å². The van der Waals surface area contributed by atoms with Crippen molar-refractivity contribution in [3.63, 3.8) is 0 Å². The van der Waals surface area contributed by atoms with Crippen LogP contribution in [0.4, 0.5) is 0 Å². The molecule has 0 aliphatic heterocycles. The molecule has 3 saturated carbocycles. The predicted molar refractivity (Wildman–Crippen MR) is 75.9 cm³/mol. The highest BCUT2D eigenvalue weighted by Crippen LogP contribution is 2.56. The zero-order valence-electron chi connectivity index (χ0n) is 13.0. The molecular formula is C16H26O4. The van der Waals surface area contributed by atoms with Crippen LogP contribution in [0.25, 0.3) is 0 Å². The Kier molecular flexibility index (Phi) is 3.71. The van der Waals surface area contributed by atoms with Gasteiger partial charge in [-0.1, -0.05) is 12.8 Å². The van der Waals surface area contributed by atoms with E-state index >= 15 is 0 Å². The van der Waals surface area contributed by atoms with E-state index in [9.17, 15) is 15.3 Å². The molecule has 3 aliphatic carbocycles. The molecule has 0 amide bonds. The lowest BCUT2D eigenvalue weighted by Crippen LogP contribution is -2.72. The molecule has 3 rings (SSSR count). The van der Waals surface area contributed by atoms with Gasteiger partial charge in [0.2, 0.25) is 0 Å². The topological polar surface area (TPSA) is 69.9 Å². The third-order valence-corrected chi connectivity index (χ3v) is 4.74. The van der Waals surface area contributed by atoms with E-state index in [0.717, 1.165) is 0 Å². The Balaban J connectivity index is 2.38. The summed E-state index contributed by atoms with van der Waals surface area (Å²) in [5.41, 5.74) is -2.57. The maximum atomic E-state index is 10.7. The molecule has 114 valence electrons. The second kappa shape index (κ2) is 4.71. The Morgan fingerprint density at radius 1 is 1.25 bits per heavy atom. The molecule has 0 heterocycles. The molecule has 6 atom stereocenters. The van der Waals surface area contributed by atoms with E-state index in [1.807, 2.05) is 27.7 Å². The normalized spacial score (nSPS) is 47.8. The highest BCUT2D eigenvalue weighted by molar-refractivity contribution is 5.28. The highest BCUT2D eigenvalue weighted by atomic mass is 16.5. The van der Waals surface area contributed by atoms with Crippen LogP contribution >= 0.6 is 0 Å². The molecule has 3 fully saturated rings. The monoisotopic (exact) mass is 282 g/mol. The summed E-state index contributed by atoms with van der Waals surface area (Å²) in [5.74, 6) is 4.93. The molecule has 0 radical (unpaired) electrons. The van der Waals surface area contributed by atoms with Crippen molar-refractivity contribution in [1.29, 1.82) is 0 Å². The Morgan fingerprint density at radius 2 is 1.85 bits per heavy atom. The van der Waals surface area contributed by atoms with Gasteiger partial charge in [-0.15, -0.1) is 5.92 Å². The van der Waals surface area contributed by atoms with E-state index in [-0.39, 0.29) is 11.7 Å². The van der Waals surface area contributed by atoms with E-state index in [1.54, 1.807) is 6.92 Å². The second-order valence-electron chi connectivity index (χ2n) is 7.44. The molecule has 3 N–H and O–H groups in total. The molecule has 4 nitrogen and oxygen atoms in total. The van der Waals surface area contributed by atoms with E-state index in [4.69, 9.17) is 4.74 Å². The molecule has 0 aromatic carbocycles. The summed E-state index contributed by atoms with van der Waals surface area (Å²) >= 11 is 0. The summed E-state index contributed by atoms with van der Waals surface area (Å²) < 4.78 is 6.08. The largest absolute Gasteiger partial charge is 0.393 e. The van der Waals surface area contributed by atoms with Crippen LogP contribution in [0.2, 0.25) is 0 Å². The Bertz CT molecular complexity index is 440. The molecule has 0 spiro atoms. The fourth-order valence-corrected chi connectivity index (χ4v) is 3.82. The van der Waals surface area contributed by atoms with Gasteiger partial charge in [-0.25, -0.2) is 0 Å². The molecule has 20 heavy (non-hydrogen) atoms. The van der Waals surface area contributed by atoms with Gasteiger partial charge in [0.1, 0.15) is 6.10 Å². The maximum Gasteiger partial charge on any atom is 0.157 e. The first-order chi connectivity index (χ1) is 9.04. The first-order valence-corrected chi connectivity index (χ1v) is 7.25. The first-order valence-electron chi connectivity index (χ1n) is 7.25. The summed E-state index contributed by atoms with van der Waals surface area (Å²) in [5, 5.41) is 31.7. The van der Waals surface area contributed by atoms with Crippen molar-refractivity contribution < 1.29 is 20.1 Å². The van der Waals surface area contributed by atoms with Crippen LogP contribution in [-0.2, 0) is 4.74 Å². The second-order valence-corrected chi connectivity index (χ2v) is 7.44. The lowest BCUT2D eigenvalue weighted by atomic mass is 9.51. The van der Waals surface area contributed by atoms with Crippen molar-refractivity contribution in [1.82, 2.24) is 0 Å². The molecule has 3 aliphatic rings. The quantitative estimate of drug-likeness (QED) is 0.629. The fraction of sp³-hybridized carbons (Fsp3) is 0.875. The Hall–Kier alpha value is -0.600. The van der Waals surface area contributed by atoms with Gasteiger partial charge in [0.15, 0.2) is 5.60 Å². The standard InChI is InChI=1S/C16H26O4/c1-6-7-16(19)10-8-12(20-14(2,3)4)15(5,13(16)18)9-11(10)17/h10-13,17-19H,8-9H2,1-5H3/t10-,11+,12+,13-,15-,16+/m1/s1. The number of hydrogen-bond donors (Lipinski definition) is 3. The van der Waals surface area contributed by atoms with E-state index < -0.39 is 29.1 Å². The van der Waals surface area contributed by atoms with Gasteiger partial charge < -0.3 is 20.1 Å². The van der Waals surface area contributed by atoms with Gasteiger partial charge in [0.25, 0.3) is 0 Å². The Labute approximate surface area is 121 Å². The van der Waals surface area contributed by atoms with Gasteiger partial charge in [-0.2, -0.15) is 0 Å². The minimum Gasteiger partial charge on any atom is -0.393 e. The highest BCUT2D eigenvalue weighted by Gasteiger charge is 2.66.